The second kappa shape index (κ2) is 4.49. The Morgan fingerprint density at radius 2 is 2.38 bits per heavy atom. The first-order valence-electron chi connectivity index (χ1n) is 5.07. The lowest BCUT2D eigenvalue weighted by atomic mass is 10.2. The molecule has 2 N–H and O–H groups in total. The third-order valence-electron chi connectivity index (χ3n) is 2.49. The van der Waals surface area contributed by atoms with Crippen LogP contribution in [0.3, 0.4) is 0 Å². The summed E-state index contributed by atoms with van der Waals surface area (Å²) < 4.78 is 18.9. The van der Waals surface area contributed by atoms with E-state index < -0.39 is 11.8 Å². The van der Waals surface area contributed by atoms with Gasteiger partial charge in [-0.05, 0) is 31.2 Å². The van der Waals surface area contributed by atoms with Crippen LogP contribution in [-0.2, 0) is 0 Å². The van der Waals surface area contributed by atoms with Crippen LogP contribution in [-0.4, -0.2) is 30.3 Å². The largest absolute Gasteiger partial charge is 0.486 e. The summed E-state index contributed by atoms with van der Waals surface area (Å²) in [5.41, 5.74) is -0.0746. The van der Waals surface area contributed by atoms with Crippen molar-refractivity contribution in [1.29, 1.82) is 0 Å². The normalized spacial score (nSPS) is 19.7. The first-order chi connectivity index (χ1) is 7.66. The van der Waals surface area contributed by atoms with Crippen LogP contribution in [0.1, 0.15) is 16.8 Å². The molecular weight excluding hydrogens is 213 g/mol. The molecule has 1 atom stereocenters. The fraction of sp³-hybridized carbons (Fsp3) is 0.364. The smallest absolute Gasteiger partial charge is 0.335 e. The summed E-state index contributed by atoms with van der Waals surface area (Å²) in [5, 5.41) is 11.8. The van der Waals surface area contributed by atoms with Crippen LogP contribution in [0.4, 0.5) is 4.39 Å². The van der Waals surface area contributed by atoms with Gasteiger partial charge in [-0.25, -0.2) is 9.18 Å². The summed E-state index contributed by atoms with van der Waals surface area (Å²) >= 11 is 0. The van der Waals surface area contributed by atoms with E-state index in [-0.39, 0.29) is 17.4 Å². The standard InChI is InChI=1S/C11H12FNO3/c12-9-5-7(11(14)15)1-2-10(9)16-8-3-4-13-6-8/h1-2,5,8,13H,3-4,6H2,(H,14,15). The van der Waals surface area contributed by atoms with Gasteiger partial charge in [-0.2, -0.15) is 0 Å². The van der Waals surface area contributed by atoms with Crippen LogP contribution in [0.15, 0.2) is 18.2 Å². The molecule has 16 heavy (non-hydrogen) atoms. The molecule has 1 aliphatic heterocycles. The number of hydrogen-bond acceptors (Lipinski definition) is 3. The van der Waals surface area contributed by atoms with E-state index in [4.69, 9.17) is 9.84 Å². The van der Waals surface area contributed by atoms with E-state index in [0.29, 0.717) is 6.54 Å². The van der Waals surface area contributed by atoms with E-state index in [0.717, 1.165) is 19.0 Å². The maximum absolute atomic E-state index is 13.5. The first-order valence-corrected chi connectivity index (χ1v) is 5.07. The topological polar surface area (TPSA) is 58.6 Å². The van der Waals surface area contributed by atoms with Gasteiger partial charge in [-0.15, -0.1) is 0 Å². The van der Waals surface area contributed by atoms with E-state index in [1.54, 1.807) is 0 Å². The van der Waals surface area contributed by atoms with E-state index in [1.165, 1.54) is 12.1 Å². The summed E-state index contributed by atoms with van der Waals surface area (Å²) in [6.07, 6.45) is 0.797. The average molecular weight is 225 g/mol. The summed E-state index contributed by atoms with van der Waals surface area (Å²) in [6.45, 7) is 1.56. The SMILES string of the molecule is O=C(O)c1ccc(OC2CCNC2)c(F)c1. The highest BCUT2D eigenvalue weighted by atomic mass is 19.1. The minimum atomic E-state index is -1.15. The van der Waals surface area contributed by atoms with Gasteiger partial charge in [-0.3, -0.25) is 0 Å². The van der Waals surface area contributed by atoms with E-state index in [2.05, 4.69) is 5.32 Å². The number of carboxylic acid groups (broad SMARTS) is 1. The third kappa shape index (κ3) is 2.30. The van der Waals surface area contributed by atoms with Crippen LogP contribution in [0.5, 0.6) is 5.75 Å². The Morgan fingerprint density at radius 3 is 2.94 bits per heavy atom. The van der Waals surface area contributed by atoms with Crippen LogP contribution in [0, 0.1) is 5.82 Å². The molecule has 4 nitrogen and oxygen atoms in total. The molecular formula is C11H12FNO3. The van der Waals surface area contributed by atoms with E-state index >= 15 is 0 Å². The molecule has 1 saturated heterocycles. The fourth-order valence-corrected chi connectivity index (χ4v) is 1.64. The molecule has 1 heterocycles. The fourth-order valence-electron chi connectivity index (χ4n) is 1.64. The molecule has 0 bridgehead atoms. The van der Waals surface area contributed by atoms with Crippen LogP contribution in [0.2, 0.25) is 0 Å². The predicted molar refractivity (Wildman–Crippen MR) is 55.3 cm³/mol. The zero-order valence-electron chi connectivity index (χ0n) is 8.57. The molecule has 0 saturated carbocycles. The zero-order valence-corrected chi connectivity index (χ0v) is 8.57. The third-order valence-corrected chi connectivity index (χ3v) is 2.49. The highest BCUT2D eigenvalue weighted by Crippen LogP contribution is 2.21. The molecule has 0 radical (unpaired) electrons. The second-order valence-corrected chi connectivity index (χ2v) is 3.68. The number of hydrogen-bond donors (Lipinski definition) is 2. The number of carboxylic acids is 1. The number of rotatable bonds is 3. The van der Waals surface area contributed by atoms with Gasteiger partial charge in [0.15, 0.2) is 11.6 Å². The molecule has 2 rings (SSSR count). The number of benzene rings is 1. The van der Waals surface area contributed by atoms with Crippen molar-refractivity contribution >= 4 is 5.97 Å². The van der Waals surface area contributed by atoms with Gasteiger partial charge < -0.3 is 15.2 Å². The highest BCUT2D eigenvalue weighted by Gasteiger charge is 2.18. The molecule has 0 amide bonds. The Balaban J connectivity index is 2.12. The monoisotopic (exact) mass is 225 g/mol. The molecule has 0 spiro atoms. The van der Waals surface area contributed by atoms with Crippen molar-refractivity contribution in [3.63, 3.8) is 0 Å². The van der Waals surface area contributed by atoms with E-state index in [1.807, 2.05) is 0 Å². The summed E-state index contributed by atoms with van der Waals surface area (Å²) in [4.78, 5) is 10.6. The maximum Gasteiger partial charge on any atom is 0.335 e. The average Bonchev–Trinajstić information content (AvgIpc) is 2.73. The van der Waals surface area contributed by atoms with Crippen LogP contribution < -0.4 is 10.1 Å². The summed E-state index contributed by atoms with van der Waals surface area (Å²) in [5.74, 6) is -1.67. The quantitative estimate of drug-likeness (QED) is 0.813. The number of aromatic carboxylic acids is 1. The molecule has 1 aromatic rings. The molecule has 1 aromatic carbocycles. The zero-order chi connectivity index (χ0) is 11.5. The van der Waals surface area contributed by atoms with E-state index in [9.17, 15) is 9.18 Å². The van der Waals surface area contributed by atoms with Crippen molar-refractivity contribution in [2.75, 3.05) is 13.1 Å². The van der Waals surface area contributed by atoms with Crippen molar-refractivity contribution in [1.82, 2.24) is 5.32 Å². The van der Waals surface area contributed by atoms with Gasteiger partial charge in [-0.1, -0.05) is 0 Å². The van der Waals surface area contributed by atoms with Crippen molar-refractivity contribution < 1.29 is 19.0 Å². The number of carbonyl (C=O) groups is 1. The molecule has 0 aromatic heterocycles. The van der Waals surface area contributed by atoms with Crippen LogP contribution >= 0.6 is 0 Å². The number of ether oxygens (including phenoxy) is 1. The first kappa shape index (κ1) is 10.9. The van der Waals surface area contributed by atoms with Gasteiger partial charge in [0.25, 0.3) is 0 Å². The minimum Gasteiger partial charge on any atom is -0.486 e. The van der Waals surface area contributed by atoms with Gasteiger partial charge in [0, 0.05) is 6.54 Å². The number of halogens is 1. The Kier molecular flexibility index (Phi) is 3.05. The second-order valence-electron chi connectivity index (χ2n) is 3.68. The summed E-state index contributed by atoms with van der Waals surface area (Å²) in [7, 11) is 0. The lowest BCUT2D eigenvalue weighted by Crippen LogP contribution is -2.20. The molecule has 86 valence electrons. The van der Waals surface area contributed by atoms with Crippen molar-refractivity contribution in [2.24, 2.45) is 0 Å². The van der Waals surface area contributed by atoms with Gasteiger partial charge in [0.05, 0.1) is 5.56 Å². The Bertz CT molecular complexity index is 402. The van der Waals surface area contributed by atoms with Crippen molar-refractivity contribution in [3.8, 4) is 5.75 Å². The Morgan fingerprint density at radius 1 is 1.56 bits per heavy atom. The lowest BCUT2D eigenvalue weighted by molar-refractivity contribution is 0.0696. The highest BCUT2D eigenvalue weighted by molar-refractivity contribution is 5.87. The maximum atomic E-state index is 13.5. The van der Waals surface area contributed by atoms with Crippen LogP contribution in [0.25, 0.3) is 0 Å². The van der Waals surface area contributed by atoms with Crippen molar-refractivity contribution in [3.05, 3.63) is 29.6 Å². The molecule has 1 fully saturated rings. The summed E-state index contributed by atoms with van der Waals surface area (Å²) in [6, 6.07) is 3.67. The predicted octanol–water partition coefficient (Wildman–Crippen LogP) is 1.26. The number of nitrogens with one attached hydrogen (secondary N) is 1. The molecule has 5 heteroatoms. The Labute approximate surface area is 92.0 Å². The molecule has 1 unspecified atom stereocenters. The van der Waals surface area contributed by atoms with Crippen molar-refractivity contribution in [2.45, 2.75) is 12.5 Å². The van der Waals surface area contributed by atoms with Gasteiger partial charge in [0.2, 0.25) is 0 Å². The molecule has 1 aliphatic rings. The van der Waals surface area contributed by atoms with Gasteiger partial charge in [0.1, 0.15) is 6.10 Å². The van der Waals surface area contributed by atoms with Gasteiger partial charge >= 0.3 is 5.97 Å². The Hall–Kier alpha value is -1.62. The minimum absolute atomic E-state index is 0.0369. The lowest BCUT2D eigenvalue weighted by Gasteiger charge is -2.13. The molecule has 0 aliphatic carbocycles.